The minimum atomic E-state index is 0.615. The highest BCUT2D eigenvalue weighted by atomic mass is 79.9. The largest absolute Gasteiger partial charge is 0.369 e. The molecule has 0 bridgehead atoms. The van der Waals surface area contributed by atoms with Gasteiger partial charge in [0, 0.05) is 18.6 Å². The number of halogens is 2. The molecule has 16 heavy (non-hydrogen) atoms. The van der Waals surface area contributed by atoms with E-state index in [1.807, 2.05) is 0 Å². The van der Waals surface area contributed by atoms with Gasteiger partial charge in [0.05, 0.1) is 4.47 Å². The molecule has 0 saturated carbocycles. The van der Waals surface area contributed by atoms with E-state index in [4.69, 9.17) is 11.6 Å². The molecule has 0 aliphatic rings. The maximum absolute atomic E-state index is 5.78. The lowest BCUT2D eigenvalue weighted by atomic mass is 10.0. The molecule has 90 valence electrons. The van der Waals surface area contributed by atoms with E-state index in [9.17, 15) is 0 Å². The number of nitrogens with zero attached hydrogens (tertiary/aromatic N) is 2. The molecule has 1 aromatic rings. The summed E-state index contributed by atoms with van der Waals surface area (Å²) in [5.74, 6) is 2.19. The molecule has 0 spiro atoms. The summed E-state index contributed by atoms with van der Waals surface area (Å²) < 4.78 is 0.899. The first-order chi connectivity index (χ1) is 7.77. The molecule has 1 heterocycles. The van der Waals surface area contributed by atoms with E-state index in [1.165, 1.54) is 12.8 Å². The number of anilines is 1. The number of alkyl halides is 1. The smallest absolute Gasteiger partial charge is 0.143 e. The van der Waals surface area contributed by atoms with Gasteiger partial charge in [0.2, 0.25) is 0 Å². The van der Waals surface area contributed by atoms with Crippen LogP contribution in [0.5, 0.6) is 0 Å². The highest BCUT2D eigenvalue weighted by Gasteiger charge is 2.08. The number of nitrogens with one attached hydrogen (secondary N) is 1. The van der Waals surface area contributed by atoms with Gasteiger partial charge in [-0.15, -0.1) is 11.6 Å². The van der Waals surface area contributed by atoms with Gasteiger partial charge in [0.15, 0.2) is 0 Å². The Kier molecular flexibility index (Phi) is 6.73. The summed E-state index contributed by atoms with van der Waals surface area (Å²) in [5, 5.41) is 3.33. The highest BCUT2D eigenvalue weighted by molar-refractivity contribution is 9.10. The molecule has 0 fully saturated rings. The Balaban J connectivity index is 2.45. The first-order valence-corrected chi connectivity index (χ1v) is 6.86. The van der Waals surface area contributed by atoms with Crippen LogP contribution in [0.4, 0.5) is 5.82 Å². The number of aromatic nitrogens is 2. The monoisotopic (exact) mass is 305 g/mol. The van der Waals surface area contributed by atoms with Crippen molar-refractivity contribution in [1.29, 1.82) is 0 Å². The van der Waals surface area contributed by atoms with Gasteiger partial charge in [0.25, 0.3) is 0 Å². The van der Waals surface area contributed by atoms with E-state index in [-0.39, 0.29) is 0 Å². The van der Waals surface area contributed by atoms with Crippen molar-refractivity contribution in [2.75, 3.05) is 17.7 Å². The van der Waals surface area contributed by atoms with Crippen molar-refractivity contribution in [3.05, 3.63) is 17.0 Å². The van der Waals surface area contributed by atoms with E-state index in [0.29, 0.717) is 5.92 Å². The van der Waals surface area contributed by atoms with Crippen LogP contribution < -0.4 is 5.32 Å². The zero-order valence-electron chi connectivity index (χ0n) is 9.42. The molecule has 0 aromatic carbocycles. The van der Waals surface area contributed by atoms with Crippen LogP contribution in [-0.4, -0.2) is 22.4 Å². The van der Waals surface area contributed by atoms with Gasteiger partial charge in [0.1, 0.15) is 12.1 Å². The summed E-state index contributed by atoms with van der Waals surface area (Å²) in [6, 6.07) is 0. The van der Waals surface area contributed by atoms with Crippen molar-refractivity contribution in [3.63, 3.8) is 0 Å². The van der Waals surface area contributed by atoms with Crippen LogP contribution in [0.15, 0.2) is 17.0 Å². The molecule has 0 radical (unpaired) electrons. The van der Waals surface area contributed by atoms with E-state index >= 15 is 0 Å². The lowest BCUT2D eigenvalue weighted by Crippen LogP contribution is -2.15. The Labute approximate surface area is 110 Å². The summed E-state index contributed by atoms with van der Waals surface area (Å²) in [4.78, 5) is 8.09. The second-order valence-corrected chi connectivity index (χ2v) is 4.96. The fraction of sp³-hybridized carbons (Fsp3) is 0.636. The van der Waals surface area contributed by atoms with E-state index in [0.717, 1.165) is 29.1 Å². The second kappa shape index (κ2) is 7.85. The number of rotatable bonds is 7. The minimum Gasteiger partial charge on any atom is -0.369 e. The van der Waals surface area contributed by atoms with Crippen molar-refractivity contribution in [2.24, 2.45) is 5.92 Å². The predicted octanol–water partition coefficient (Wildman–Crippen LogP) is 3.70. The molecule has 0 saturated heterocycles. The Morgan fingerprint density at radius 1 is 1.50 bits per heavy atom. The molecule has 3 nitrogen and oxygen atoms in total. The van der Waals surface area contributed by atoms with E-state index < -0.39 is 0 Å². The molecular formula is C11H17BrClN3. The van der Waals surface area contributed by atoms with Crippen LogP contribution >= 0.6 is 27.5 Å². The molecule has 5 heteroatoms. The quantitative estimate of drug-likeness (QED) is 0.781. The third-order valence-corrected chi connectivity index (χ3v) is 3.24. The van der Waals surface area contributed by atoms with Crippen molar-refractivity contribution < 1.29 is 0 Å². The molecule has 0 aliphatic heterocycles. The Bertz CT molecular complexity index is 303. The topological polar surface area (TPSA) is 37.8 Å². The minimum absolute atomic E-state index is 0.615. The number of hydrogen-bond acceptors (Lipinski definition) is 3. The third-order valence-electron chi connectivity index (χ3n) is 2.44. The van der Waals surface area contributed by atoms with Crippen molar-refractivity contribution in [3.8, 4) is 0 Å². The molecular weight excluding hydrogens is 289 g/mol. The van der Waals surface area contributed by atoms with E-state index in [1.54, 1.807) is 12.5 Å². The Hall–Kier alpha value is -0.350. The SMILES string of the molecule is CCCC(CCCl)CNc1ncncc1Br. The molecule has 1 N–H and O–H groups in total. The summed E-state index contributed by atoms with van der Waals surface area (Å²) >= 11 is 9.19. The molecule has 1 atom stereocenters. The summed E-state index contributed by atoms with van der Waals surface area (Å²) in [5.41, 5.74) is 0. The predicted molar refractivity (Wildman–Crippen MR) is 72.0 cm³/mol. The normalized spacial score (nSPS) is 12.4. The molecule has 0 aliphatic carbocycles. The maximum atomic E-state index is 5.78. The summed E-state index contributed by atoms with van der Waals surface area (Å²) in [6.45, 7) is 3.11. The van der Waals surface area contributed by atoms with Gasteiger partial charge in [-0.05, 0) is 34.7 Å². The van der Waals surface area contributed by atoms with Crippen molar-refractivity contribution in [1.82, 2.24) is 9.97 Å². The standard InChI is InChI=1S/C11H17BrClN3/c1-2-3-9(4-5-13)6-15-11-10(12)7-14-8-16-11/h7-9H,2-6H2,1H3,(H,14,15,16). The van der Waals surface area contributed by atoms with Crippen LogP contribution in [0, 0.1) is 5.92 Å². The van der Waals surface area contributed by atoms with Crippen LogP contribution in [0.25, 0.3) is 0 Å². The van der Waals surface area contributed by atoms with Gasteiger partial charge >= 0.3 is 0 Å². The molecule has 1 rings (SSSR count). The molecule has 1 unspecified atom stereocenters. The van der Waals surface area contributed by atoms with Gasteiger partial charge < -0.3 is 5.32 Å². The third kappa shape index (κ3) is 4.66. The Morgan fingerprint density at radius 3 is 2.94 bits per heavy atom. The average Bonchev–Trinajstić information content (AvgIpc) is 2.28. The van der Waals surface area contributed by atoms with Crippen LogP contribution in [0.2, 0.25) is 0 Å². The molecule has 1 aromatic heterocycles. The maximum Gasteiger partial charge on any atom is 0.143 e. The zero-order chi connectivity index (χ0) is 11.8. The molecule has 0 amide bonds. The fourth-order valence-corrected chi connectivity index (χ4v) is 2.26. The Morgan fingerprint density at radius 2 is 2.31 bits per heavy atom. The average molecular weight is 307 g/mol. The number of hydrogen-bond donors (Lipinski definition) is 1. The zero-order valence-corrected chi connectivity index (χ0v) is 11.8. The summed E-state index contributed by atoms with van der Waals surface area (Å²) in [7, 11) is 0. The summed E-state index contributed by atoms with van der Waals surface area (Å²) in [6.07, 6.45) is 6.72. The lowest BCUT2D eigenvalue weighted by molar-refractivity contribution is 0.489. The lowest BCUT2D eigenvalue weighted by Gasteiger charge is -2.16. The fourth-order valence-electron chi connectivity index (χ4n) is 1.59. The highest BCUT2D eigenvalue weighted by Crippen LogP contribution is 2.19. The van der Waals surface area contributed by atoms with Crippen LogP contribution in [0.3, 0.4) is 0 Å². The van der Waals surface area contributed by atoms with Crippen LogP contribution in [0.1, 0.15) is 26.2 Å². The second-order valence-electron chi connectivity index (χ2n) is 3.73. The van der Waals surface area contributed by atoms with Gasteiger partial charge in [-0.3, -0.25) is 0 Å². The van der Waals surface area contributed by atoms with Gasteiger partial charge in [-0.2, -0.15) is 0 Å². The first-order valence-electron chi connectivity index (χ1n) is 5.53. The van der Waals surface area contributed by atoms with Gasteiger partial charge in [-0.1, -0.05) is 13.3 Å². The van der Waals surface area contributed by atoms with Crippen molar-refractivity contribution in [2.45, 2.75) is 26.2 Å². The van der Waals surface area contributed by atoms with Crippen molar-refractivity contribution >= 4 is 33.3 Å². The van der Waals surface area contributed by atoms with Gasteiger partial charge in [-0.25, -0.2) is 9.97 Å². The van der Waals surface area contributed by atoms with E-state index in [2.05, 4.69) is 38.1 Å². The van der Waals surface area contributed by atoms with Crippen LogP contribution in [-0.2, 0) is 0 Å². The first kappa shape index (κ1) is 13.7.